The van der Waals surface area contributed by atoms with Crippen molar-refractivity contribution in [3.63, 3.8) is 0 Å². The summed E-state index contributed by atoms with van der Waals surface area (Å²) in [5.41, 5.74) is 1.79. The number of fused-ring (bicyclic) bond motifs is 1. The fourth-order valence-corrected chi connectivity index (χ4v) is 2.68. The topological polar surface area (TPSA) is 61.4 Å². The van der Waals surface area contributed by atoms with Gasteiger partial charge in [-0.25, -0.2) is 4.79 Å². The number of urea groups is 1. The number of aromatic hydroxyl groups is 1. The van der Waals surface area contributed by atoms with Gasteiger partial charge in [0.25, 0.3) is 0 Å². The highest BCUT2D eigenvalue weighted by Crippen LogP contribution is 2.38. The van der Waals surface area contributed by atoms with Crippen LogP contribution in [0.3, 0.4) is 0 Å². The van der Waals surface area contributed by atoms with E-state index in [0.717, 1.165) is 16.8 Å². The predicted octanol–water partition coefficient (Wildman–Crippen LogP) is 3.44. The van der Waals surface area contributed by atoms with Crippen LogP contribution in [0.15, 0.2) is 42.5 Å². The number of nitrogens with one attached hydrogen (secondary N) is 2. The average Bonchev–Trinajstić information content (AvgIpc) is 2.40. The summed E-state index contributed by atoms with van der Waals surface area (Å²) in [6, 6.07) is 11.8. The van der Waals surface area contributed by atoms with Crippen LogP contribution in [0.1, 0.15) is 18.1 Å². The van der Waals surface area contributed by atoms with Gasteiger partial charge >= 0.3 is 6.03 Å². The van der Waals surface area contributed by atoms with E-state index in [1.54, 1.807) is 36.4 Å². The van der Waals surface area contributed by atoms with Crippen LogP contribution in [0.5, 0.6) is 5.75 Å². The number of phenols is 1. The van der Waals surface area contributed by atoms with Crippen molar-refractivity contribution in [2.75, 3.05) is 5.32 Å². The SMILES string of the molecule is CC1(c2ccc(O)cc2)NC(=O)Nc2ccc(Cl)cc21. The molecule has 0 aliphatic carbocycles. The third kappa shape index (κ3) is 1.98. The van der Waals surface area contributed by atoms with Crippen molar-refractivity contribution in [2.45, 2.75) is 12.5 Å². The van der Waals surface area contributed by atoms with Gasteiger partial charge in [0, 0.05) is 16.3 Å². The maximum Gasteiger partial charge on any atom is 0.320 e. The molecule has 2 aromatic rings. The number of phenolic OH excluding ortho intramolecular Hbond substituents is 1. The summed E-state index contributed by atoms with van der Waals surface area (Å²) in [7, 11) is 0. The van der Waals surface area contributed by atoms with Crippen molar-refractivity contribution in [1.29, 1.82) is 0 Å². The average molecular weight is 289 g/mol. The third-order valence-electron chi connectivity index (χ3n) is 3.58. The summed E-state index contributed by atoms with van der Waals surface area (Å²) < 4.78 is 0. The van der Waals surface area contributed by atoms with E-state index in [-0.39, 0.29) is 11.8 Å². The van der Waals surface area contributed by atoms with Gasteiger partial charge in [0.15, 0.2) is 0 Å². The highest BCUT2D eigenvalue weighted by molar-refractivity contribution is 6.30. The van der Waals surface area contributed by atoms with E-state index in [4.69, 9.17) is 11.6 Å². The van der Waals surface area contributed by atoms with Crippen molar-refractivity contribution >= 4 is 23.3 Å². The molecule has 0 aromatic heterocycles. The molecule has 2 amide bonds. The molecule has 0 bridgehead atoms. The standard InChI is InChI=1S/C15H13ClN2O2/c1-15(9-2-5-11(19)6-3-9)12-8-10(16)4-7-13(12)17-14(20)18-15/h2-8,19H,1H3,(H2,17,18,20). The van der Waals surface area contributed by atoms with E-state index in [2.05, 4.69) is 10.6 Å². The van der Waals surface area contributed by atoms with Gasteiger partial charge in [0.2, 0.25) is 0 Å². The number of carbonyl (C=O) groups is 1. The minimum Gasteiger partial charge on any atom is -0.508 e. The normalized spacial score (nSPS) is 20.8. The zero-order valence-corrected chi connectivity index (χ0v) is 11.5. The molecule has 3 N–H and O–H groups in total. The van der Waals surface area contributed by atoms with Crippen LogP contribution < -0.4 is 10.6 Å². The molecule has 5 heteroatoms. The van der Waals surface area contributed by atoms with Gasteiger partial charge in [-0.05, 0) is 42.8 Å². The van der Waals surface area contributed by atoms with Gasteiger partial charge in [-0.3, -0.25) is 0 Å². The highest BCUT2D eigenvalue weighted by atomic mass is 35.5. The zero-order chi connectivity index (χ0) is 14.3. The van der Waals surface area contributed by atoms with E-state index in [1.807, 2.05) is 13.0 Å². The fourth-order valence-electron chi connectivity index (χ4n) is 2.51. The lowest BCUT2D eigenvalue weighted by Gasteiger charge is -2.37. The van der Waals surface area contributed by atoms with Crippen LogP contribution in [0.25, 0.3) is 0 Å². The monoisotopic (exact) mass is 288 g/mol. The van der Waals surface area contributed by atoms with Gasteiger partial charge in [-0.2, -0.15) is 0 Å². The van der Waals surface area contributed by atoms with Crippen molar-refractivity contribution < 1.29 is 9.90 Å². The molecule has 0 radical (unpaired) electrons. The van der Waals surface area contributed by atoms with Crippen LogP contribution in [0, 0.1) is 0 Å². The maximum absolute atomic E-state index is 11.9. The molecule has 1 atom stereocenters. The Morgan fingerprint density at radius 3 is 2.55 bits per heavy atom. The van der Waals surface area contributed by atoms with Gasteiger partial charge in [-0.1, -0.05) is 23.7 Å². The first kappa shape index (κ1) is 12.8. The molecule has 1 heterocycles. The molecule has 0 saturated heterocycles. The molecule has 20 heavy (non-hydrogen) atoms. The lowest BCUT2D eigenvalue weighted by atomic mass is 9.82. The first-order chi connectivity index (χ1) is 9.49. The number of benzene rings is 2. The summed E-state index contributed by atoms with van der Waals surface area (Å²) in [6.07, 6.45) is 0. The van der Waals surface area contributed by atoms with E-state index < -0.39 is 5.54 Å². The Labute approximate surface area is 121 Å². The van der Waals surface area contributed by atoms with Gasteiger partial charge in [-0.15, -0.1) is 0 Å². The molecular formula is C15H13ClN2O2. The smallest absolute Gasteiger partial charge is 0.320 e. The molecule has 4 nitrogen and oxygen atoms in total. The second kappa shape index (κ2) is 4.42. The van der Waals surface area contributed by atoms with Crippen LogP contribution in [-0.2, 0) is 5.54 Å². The Kier molecular flexibility index (Phi) is 2.83. The summed E-state index contributed by atoms with van der Waals surface area (Å²) in [6.45, 7) is 1.91. The van der Waals surface area contributed by atoms with Crippen molar-refractivity contribution in [3.05, 3.63) is 58.6 Å². The van der Waals surface area contributed by atoms with Crippen molar-refractivity contribution in [3.8, 4) is 5.75 Å². The molecule has 2 aromatic carbocycles. The zero-order valence-electron chi connectivity index (χ0n) is 10.8. The highest BCUT2D eigenvalue weighted by Gasteiger charge is 2.37. The lowest BCUT2D eigenvalue weighted by Crippen LogP contribution is -2.50. The molecule has 1 aliphatic heterocycles. The number of anilines is 1. The Balaban J connectivity index is 2.20. The summed E-state index contributed by atoms with van der Waals surface area (Å²) in [5, 5.41) is 15.7. The van der Waals surface area contributed by atoms with Crippen LogP contribution >= 0.6 is 11.6 Å². The Morgan fingerprint density at radius 1 is 1.15 bits per heavy atom. The second-order valence-electron chi connectivity index (χ2n) is 4.94. The number of hydrogen-bond acceptors (Lipinski definition) is 2. The maximum atomic E-state index is 11.9. The van der Waals surface area contributed by atoms with E-state index in [1.165, 1.54) is 0 Å². The molecule has 102 valence electrons. The largest absolute Gasteiger partial charge is 0.508 e. The number of rotatable bonds is 1. The Morgan fingerprint density at radius 2 is 1.85 bits per heavy atom. The quantitative estimate of drug-likeness (QED) is 0.753. The third-order valence-corrected chi connectivity index (χ3v) is 3.81. The van der Waals surface area contributed by atoms with Crippen LogP contribution in [0.4, 0.5) is 10.5 Å². The van der Waals surface area contributed by atoms with E-state index in [9.17, 15) is 9.90 Å². The minimum absolute atomic E-state index is 0.184. The molecule has 0 spiro atoms. The van der Waals surface area contributed by atoms with Crippen molar-refractivity contribution in [1.82, 2.24) is 5.32 Å². The van der Waals surface area contributed by atoms with Crippen molar-refractivity contribution in [2.24, 2.45) is 0 Å². The first-order valence-electron chi connectivity index (χ1n) is 6.18. The number of amides is 2. The van der Waals surface area contributed by atoms with Gasteiger partial charge < -0.3 is 15.7 Å². The minimum atomic E-state index is -0.698. The Bertz CT molecular complexity index is 685. The first-order valence-corrected chi connectivity index (χ1v) is 6.55. The summed E-state index contributed by atoms with van der Waals surface area (Å²) in [4.78, 5) is 11.9. The van der Waals surface area contributed by atoms with Gasteiger partial charge in [0.05, 0.1) is 5.54 Å². The van der Waals surface area contributed by atoms with E-state index >= 15 is 0 Å². The molecule has 1 unspecified atom stereocenters. The molecule has 0 saturated carbocycles. The number of halogens is 1. The Hall–Kier alpha value is -2.20. The van der Waals surface area contributed by atoms with Gasteiger partial charge in [0.1, 0.15) is 5.75 Å². The lowest BCUT2D eigenvalue weighted by molar-refractivity contribution is 0.242. The molecule has 3 rings (SSSR count). The number of hydrogen-bond donors (Lipinski definition) is 3. The summed E-state index contributed by atoms with van der Waals surface area (Å²) in [5.74, 6) is 0.184. The number of carbonyl (C=O) groups excluding carboxylic acids is 1. The fraction of sp³-hybridized carbons (Fsp3) is 0.133. The molecule has 0 fully saturated rings. The summed E-state index contributed by atoms with van der Waals surface area (Å²) >= 11 is 6.07. The second-order valence-corrected chi connectivity index (χ2v) is 5.38. The molecule has 1 aliphatic rings. The van der Waals surface area contributed by atoms with E-state index in [0.29, 0.717) is 5.02 Å². The van der Waals surface area contributed by atoms with Crippen LogP contribution in [-0.4, -0.2) is 11.1 Å². The molecular weight excluding hydrogens is 276 g/mol. The predicted molar refractivity (Wildman–Crippen MR) is 78.2 cm³/mol. The van der Waals surface area contributed by atoms with Crippen LogP contribution in [0.2, 0.25) is 5.02 Å².